The highest BCUT2D eigenvalue weighted by molar-refractivity contribution is 7.09. The van der Waals surface area contributed by atoms with Crippen molar-refractivity contribution >= 4 is 28.8 Å². The average Bonchev–Trinajstić information content (AvgIpc) is 3.42. The second kappa shape index (κ2) is 7.94. The molecule has 0 unspecified atom stereocenters. The molecule has 2 aliphatic rings. The van der Waals surface area contributed by atoms with Gasteiger partial charge < -0.3 is 14.4 Å². The maximum absolute atomic E-state index is 12.7. The largest absolute Gasteiger partial charge is 0.486 e. The average molecular weight is 393 g/mol. The molecule has 2 fully saturated rings. The number of rotatable bonds is 6. The van der Waals surface area contributed by atoms with Crippen LogP contribution in [0, 0.1) is 5.92 Å². The number of aromatic nitrogens is 1. The summed E-state index contributed by atoms with van der Waals surface area (Å²) in [4.78, 5) is 19.3. The van der Waals surface area contributed by atoms with Crippen LogP contribution >= 0.6 is 22.9 Å². The predicted molar refractivity (Wildman–Crippen MR) is 101 cm³/mol. The van der Waals surface area contributed by atoms with Gasteiger partial charge in [0.25, 0.3) is 0 Å². The summed E-state index contributed by atoms with van der Waals surface area (Å²) in [6.45, 7) is 2.39. The van der Waals surface area contributed by atoms with Crippen molar-refractivity contribution in [2.75, 3.05) is 19.8 Å². The Labute approximate surface area is 161 Å². The number of benzene rings is 1. The molecule has 7 heteroatoms. The van der Waals surface area contributed by atoms with E-state index in [9.17, 15) is 4.79 Å². The van der Waals surface area contributed by atoms with E-state index in [4.69, 9.17) is 21.1 Å². The second-order valence-electron chi connectivity index (χ2n) is 6.72. The lowest BCUT2D eigenvalue weighted by Crippen LogP contribution is -2.50. The summed E-state index contributed by atoms with van der Waals surface area (Å²) >= 11 is 7.39. The van der Waals surface area contributed by atoms with Gasteiger partial charge in [0.1, 0.15) is 17.4 Å². The summed E-state index contributed by atoms with van der Waals surface area (Å²) in [5, 5.41) is 3.49. The van der Waals surface area contributed by atoms with Crippen molar-refractivity contribution in [1.82, 2.24) is 9.88 Å². The first-order valence-electron chi connectivity index (χ1n) is 8.88. The zero-order chi connectivity index (χ0) is 17.9. The molecule has 1 aliphatic carbocycles. The highest BCUT2D eigenvalue weighted by Crippen LogP contribution is 2.36. The molecule has 1 aromatic heterocycles. The SMILES string of the molecule is O=C(Cc1csc(COc2ccc(Cl)cc2)n1)N1CCOC[C@H]1C1CC1. The fourth-order valence-corrected chi connectivity index (χ4v) is 4.06. The third-order valence-corrected chi connectivity index (χ3v) is 5.88. The van der Waals surface area contributed by atoms with E-state index < -0.39 is 0 Å². The maximum Gasteiger partial charge on any atom is 0.229 e. The van der Waals surface area contributed by atoms with Gasteiger partial charge in [-0.2, -0.15) is 0 Å². The quantitative estimate of drug-likeness (QED) is 0.754. The Bertz CT molecular complexity index is 760. The van der Waals surface area contributed by atoms with Crippen molar-refractivity contribution < 1.29 is 14.3 Å². The number of halogens is 1. The number of amides is 1. The maximum atomic E-state index is 12.7. The first kappa shape index (κ1) is 17.8. The fraction of sp³-hybridized carbons (Fsp3) is 0.474. The zero-order valence-corrected chi connectivity index (χ0v) is 16.0. The molecule has 1 atom stereocenters. The van der Waals surface area contributed by atoms with Gasteiger partial charge in [0, 0.05) is 16.9 Å². The number of ether oxygens (including phenoxy) is 2. The van der Waals surface area contributed by atoms with E-state index in [2.05, 4.69) is 4.98 Å². The molecule has 2 heterocycles. The molecule has 0 bridgehead atoms. The van der Waals surface area contributed by atoms with Crippen LogP contribution in [-0.2, 0) is 22.6 Å². The highest BCUT2D eigenvalue weighted by atomic mass is 35.5. The molecule has 4 rings (SSSR count). The number of carbonyl (C=O) groups excluding carboxylic acids is 1. The van der Waals surface area contributed by atoms with E-state index in [1.54, 1.807) is 12.1 Å². The van der Waals surface area contributed by atoms with Gasteiger partial charge in [-0.3, -0.25) is 4.79 Å². The van der Waals surface area contributed by atoms with Crippen molar-refractivity contribution in [3.05, 3.63) is 45.4 Å². The molecule has 1 saturated carbocycles. The topological polar surface area (TPSA) is 51.7 Å². The molecular weight excluding hydrogens is 372 g/mol. The zero-order valence-electron chi connectivity index (χ0n) is 14.4. The molecule has 5 nitrogen and oxygen atoms in total. The first-order valence-corrected chi connectivity index (χ1v) is 10.1. The van der Waals surface area contributed by atoms with E-state index in [1.807, 2.05) is 22.4 Å². The Hall–Kier alpha value is -1.63. The fourth-order valence-electron chi connectivity index (χ4n) is 3.23. The normalized spacial score (nSPS) is 20.2. The molecule has 1 saturated heterocycles. The Kier molecular flexibility index (Phi) is 5.43. The number of hydrogen-bond acceptors (Lipinski definition) is 5. The molecular formula is C19H21ClN2O3S. The summed E-state index contributed by atoms with van der Waals surface area (Å²) < 4.78 is 11.3. The van der Waals surface area contributed by atoms with Gasteiger partial charge in [0.05, 0.1) is 31.4 Å². The highest BCUT2D eigenvalue weighted by Gasteiger charge is 2.39. The van der Waals surface area contributed by atoms with Crippen molar-refractivity contribution in [2.45, 2.75) is 31.9 Å². The first-order chi connectivity index (χ1) is 12.7. The van der Waals surface area contributed by atoms with Gasteiger partial charge >= 0.3 is 0 Å². The van der Waals surface area contributed by atoms with Gasteiger partial charge in [0.2, 0.25) is 5.91 Å². The number of thiazole rings is 1. The third kappa shape index (κ3) is 4.37. The van der Waals surface area contributed by atoms with Crippen molar-refractivity contribution in [1.29, 1.82) is 0 Å². The van der Waals surface area contributed by atoms with E-state index in [-0.39, 0.29) is 11.9 Å². The van der Waals surface area contributed by atoms with E-state index in [0.29, 0.717) is 43.7 Å². The van der Waals surface area contributed by atoms with Crippen LogP contribution in [0.25, 0.3) is 0 Å². The van der Waals surface area contributed by atoms with Crippen LogP contribution in [0.4, 0.5) is 0 Å². The van der Waals surface area contributed by atoms with E-state index >= 15 is 0 Å². The number of morpholine rings is 1. The number of nitrogens with zero attached hydrogens (tertiary/aromatic N) is 2. The van der Waals surface area contributed by atoms with Gasteiger partial charge in [-0.25, -0.2) is 4.98 Å². The molecule has 1 amide bonds. The third-order valence-electron chi connectivity index (χ3n) is 4.76. The molecule has 138 valence electrons. The monoisotopic (exact) mass is 392 g/mol. The molecule has 0 spiro atoms. The standard InChI is InChI=1S/C19H21ClN2O3S/c20-14-3-5-16(6-4-14)25-11-18-21-15(12-26-18)9-19(23)22-7-8-24-10-17(22)13-1-2-13/h3-6,12-13,17H,1-2,7-11H2/t17-/m0/s1. The van der Waals surface area contributed by atoms with Crippen molar-refractivity contribution in [2.24, 2.45) is 5.92 Å². The predicted octanol–water partition coefficient (Wildman–Crippen LogP) is 3.56. The van der Waals surface area contributed by atoms with Gasteiger partial charge in [-0.1, -0.05) is 11.6 Å². The van der Waals surface area contributed by atoms with Crippen molar-refractivity contribution in [3.8, 4) is 5.75 Å². The summed E-state index contributed by atoms with van der Waals surface area (Å²) in [7, 11) is 0. The number of carbonyl (C=O) groups is 1. The second-order valence-corrected chi connectivity index (χ2v) is 8.10. The lowest BCUT2D eigenvalue weighted by Gasteiger charge is -2.35. The van der Waals surface area contributed by atoms with E-state index in [0.717, 1.165) is 16.5 Å². The minimum atomic E-state index is 0.153. The number of hydrogen-bond donors (Lipinski definition) is 0. The Morgan fingerprint density at radius 3 is 2.92 bits per heavy atom. The minimum absolute atomic E-state index is 0.153. The van der Waals surface area contributed by atoms with Gasteiger partial charge in [-0.05, 0) is 43.0 Å². The summed E-state index contributed by atoms with van der Waals surface area (Å²) in [5.41, 5.74) is 0.816. The summed E-state index contributed by atoms with van der Waals surface area (Å²) in [6.07, 6.45) is 2.77. The molecule has 0 radical (unpaired) electrons. The Morgan fingerprint density at radius 1 is 1.35 bits per heavy atom. The smallest absolute Gasteiger partial charge is 0.229 e. The van der Waals surface area contributed by atoms with Crippen LogP contribution in [0.2, 0.25) is 5.02 Å². The van der Waals surface area contributed by atoms with Crippen LogP contribution < -0.4 is 4.74 Å². The van der Waals surface area contributed by atoms with Crippen LogP contribution in [0.5, 0.6) is 5.75 Å². The van der Waals surface area contributed by atoms with Gasteiger partial charge in [-0.15, -0.1) is 11.3 Å². The van der Waals surface area contributed by atoms with E-state index in [1.165, 1.54) is 24.2 Å². The molecule has 2 aromatic rings. The summed E-state index contributed by atoms with van der Waals surface area (Å²) in [6, 6.07) is 7.50. The Morgan fingerprint density at radius 2 is 2.15 bits per heavy atom. The molecule has 1 aromatic carbocycles. The van der Waals surface area contributed by atoms with Gasteiger partial charge in [0.15, 0.2) is 0 Å². The van der Waals surface area contributed by atoms with Crippen LogP contribution in [0.1, 0.15) is 23.5 Å². The lowest BCUT2D eigenvalue weighted by atomic mass is 10.1. The Balaban J connectivity index is 1.32. The molecule has 26 heavy (non-hydrogen) atoms. The minimum Gasteiger partial charge on any atom is -0.486 e. The molecule has 1 aliphatic heterocycles. The lowest BCUT2D eigenvalue weighted by molar-refractivity contribution is -0.140. The van der Waals surface area contributed by atoms with Crippen LogP contribution in [0.15, 0.2) is 29.6 Å². The molecule has 0 N–H and O–H groups in total. The summed E-state index contributed by atoms with van der Waals surface area (Å²) in [5.74, 6) is 1.53. The van der Waals surface area contributed by atoms with Crippen LogP contribution in [0.3, 0.4) is 0 Å². The van der Waals surface area contributed by atoms with Crippen LogP contribution in [-0.4, -0.2) is 41.6 Å². The van der Waals surface area contributed by atoms with Crippen molar-refractivity contribution in [3.63, 3.8) is 0 Å².